The lowest BCUT2D eigenvalue weighted by Gasteiger charge is -2.20. The average Bonchev–Trinajstić information content (AvgIpc) is 2.78. The number of benzene rings is 3. The van der Waals surface area contributed by atoms with Gasteiger partial charge in [0.25, 0.3) is 0 Å². The van der Waals surface area contributed by atoms with Gasteiger partial charge in [0.05, 0.1) is 12.1 Å². The van der Waals surface area contributed by atoms with Gasteiger partial charge in [0.1, 0.15) is 0 Å². The zero-order chi connectivity index (χ0) is 20.6. The van der Waals surface area contributed by atoms with E-state index in [4.69, 9.17) is 0 Å². The Labute approximate surface area is 172 Å². The Hall–Kier alpha value is -3.40. The SMILES string of the molecule is CCc1ccc(C(C)NC(=O)C(=O)NC(c2ccccc2)c2ccccc2)cc1. The summed E-state index contributed by atoms with van der Waals surface area (Å²) in [6.45, 7) is 3.97. The molecule has 0 aliphatic heterocycles. The monoisotopic (exact) mass is 386 g/mol. The van der Waals surface area contributed by atoms with Crippen molar-refractivity contribution in [2.45, 2.75) is 32.4 Å². The normalized spacial score (nSPS) is 11.7. The van der Waals surface area contributed by atoms with Crippen molar-refractivity contribution in [2.24, 2.45) is 0 Å². The molecule has 0 fully saturated rings. The molecule has 0 aliphatic carbocycles. The van der Waals surface area contributed by atoms with E-state index >= 15 is 0 Å². The molecular weight excluding hydrogens is 360 g/mol. The molecule has 0 aromatic heterocycles. The van der Waals surface area contributed by atoms with Crippen molar-refractivity contribution in [1.82, 2.24) is 10.6 Å². The first-order valence-corrected chi connectivity index (χ1v) is 9.88. The first kappa shape index (κ1) is 20.3. The maximum Gasteiger partial charge on any atom is 0.310 e. The summed E-state index contributed by atoms with van der Waals surface area (Å²) in [5, 5.41) is 5.66. The second-order valence-electron chi connectivity index (χ2n) is 7.02. The van der Waals surface area contributed by atoms with E-state index in [1.165, 1.54) is 5.56 Å². The summed E-state index contributed by atoms with van der Waals surface area (Å²) in [7, 11) is 0. The quantitative estimate of drug-likeness (QED) is 0.620. The summed E-state index contributed by atoms with van der Waals surface area (Å²) < 4.78 is 0. The summed E-state index contributed by atoms with van der Waals surface area (Å²) in [5.74, 6) is -1.30. The zero-order valence-corrected chi connectivity index (χ0v) is 16.8. The van der Waals surface area contributed by atoms with Gasteiger partial charge in [-0.3, -0.25) is 9.59 Å². The van der Waals surface area contributed by atoms with Crippen LogP contribution in [0.2, 0.25) is 0 Å². The first-order chi connectivity index (χ1) is 14.1. The third kappa shape index (κ3) is 5.32. The van der Waals surface area contributed by atoms with Crippen LogP contribution in [0.25, 0.3) is 0 Å². The molecule has 0 saturated heterocycles. The van der Waals surface area contributed by atoms with Crippen LogP contribution in [0.3, 0.4) is 0 Å². The molecule has 1 atom stereocenters. The minimum atomic E-state index is -0.653. The number of carbonyl (C=O) groups is 2. The van der Waals surface area contributed by atoms with E-state index < -0.39 is 17.9 Å². The van der Waals surface area contributed by atoms with Crippen molar-refractivity contribution in [1.29, 1.82) is 0 Å². The van der Waals surface area contributed by atoms with Crippen LogP contribution in [0.4, 0.5) is 0 Å². The van der Waals surface area contributed by atoms with Crippen LogP contribution in [0.1, 0.15) is 48.2 Å². The maximum atomic E-state index is 12.6. The minimum absolute atomic E-state index is 0.258. The first-order valence-electron chi connectivity index (χ1n) is 9.88. The fourth-order valence-electron chi connectivity index (χ4n) is 3.23. The summed E-state index contributed by atoms with van der Waals surface area (Å²) in [6.07, 6.45) is 0.962. The van der Waals surface area contributed by atoms with Crippen LogP contribution in [-0.2, 0) is 16.0 Å². The molecule has 2 N–H and O–H groups in total. The second kappa shape index (κ2) is 9.69. The Morgan fingerprint density at radius 2 is 1.17 bits per heavy atom. The fourth-order valence-corrected chi connectivity index (χ4v) is 3.23. The number of aryl methyl sites for hydroxylation is 1. The van der Waals surface area contributed by atoms with Gasteiger partial charge in [-0.15, -0.1) is 0 Å². The molecule has 0 saturated carbocycles. The Balaban J connectivity index is 1.71. The van der Waals surface area contributed by atoms with E-state index in [9.17, 15) is 9.59 Å². The molecule has 4 heteroatoms. The molecule has 3 rings (SSSR count). The zero-order valence-electron chi connectivity index (χ0n) is 16.8. The molecule has 0 spiro atoms. The van der Waals surface area contributed by atoms with Gasteiger partial charge in [0.2, 0.25) is 0 Å². The van der Waals surface area contributed by atoms with E-state index in [0.717, 1.165) is 23.1 Å². The molecule has 0 heterocycles. The lowest BCUT2D eigenvalue weighted by atomic mass is 9.98. The fraction of sp³-hybridized carbons (Fsp3) is 0.200. The number of hydrogen-bond acceptors (Lipinski definition) is 2. The van der Waals surface area contributed by atoms with Gasteiger partial charge < -0.3 is 10.6 Å². The van der Waals surface area contributed by atoms with Gasteiger partial charge in [-0.05, 0) is 35.6 Å². The average molecular weight is 386 g/mol. The largest absolute Gasteiger partial charge is 0.341 e. The van der Waals surface area contributed by atoms with Crippen LogP contribution in [0.15, 0.2) is 84.9 Å². The number of hydrogen-bond donors (Lipinski definition) is 2. The Kier molecular flexibility index (Phi) is 6.80. The van der Waals surface area contributed by atoms with Crippen molar-refractivity contribution in [3.05, 3.63) is 107 Å². The van der Waals surface area contributed by atoms with Gasteiger partial charge in [-0.1, -0.05) is 91.9 Å². The summed E-state index contributed by atoms with van der Waals surface area (Å²) in [5.41, 5.74) is 4.04. The lowest BCUT2D eigenvalue weighted by molar-refractivity contribution is -0.139. The van der Waals surface area contributed by atoms with Crippen LogP contribution < -0.4 is 10.6 Å². The molecule has 4 nitrogen and oxygen atoms in total. The van der Waals surface area contributed by atoms with Crippen molar-refractivity contribution >= 4 is 11.8 Å². The van der Waals surface area contributed by atoms with Gasteiger partial charge in [-0.25, -0.2) is 0 Å². The van der Waals surface area contributed by atoms with Crippen LogP contribution in [-0.4, -0.2) is 11.8 Å². The third-order valence-electron chi connectivity index (χ3n) is 4.98. The molecule has 0 radical (unpaired) electrons. The third-order valence-corrected chi connectivity index (χ3v) is 4.98. The van der Waals surface area contributed by atoms with Gasteiger partial charge in [0.15, 0.2) is 0 Å². The van der Waals surface area contributed by atoms with E-state index in [1.807, 2.05) is 91.9 Å². The topological polar surface area (TPSA) is 58.2 Å². The highest BCUT2D eigenvalue weighted by Gasteiger charge is 2.22. The van der Waals surface area contributed by atoms with Gasteiger partial charge in [-0.2, -0.15) is 0 Å². The summed E-state index contributed by atoms with van der Waals surface area (Å²) in [6, 6.07) is 26.7. The van der Waals surface area contributed by atoms with Gasteiger partial charge >= 0.3 is 11.8 Å². The van der Waals surface area contributed by atoms with Crippen molar-refractivity contribution < 1.29 is 9.59 Å². The highest BCUT2D eigenvalue weighted by Crippen LogP contribution is 2.21. The number of amides is 2. The van der Waals surface area contributed by atoms with E-state index in [2.05, 4.69) is 17.6 Å². The maximum absolute atomic E-state index is 12.6. The Morgan fingerprint density at radius 3 is 1.66 bits per heavy atom. The standard InChI is InChI=1S/C25H26N2O2/c1-3-19-14-16-20(17-15-19)18(2)26-24(28)25(29)27-23(21-10-6-4-7-11-21)22-12-8-5-9-13-22/h4-18,23H,3H2,1-2H3,(H,26,28)(H,27,29). The Morgan fingerprint density at radius 1 is 0.690 bits per heavy atom. The molecule has 3 aromatic rings. The van der Waals surface area contributed by atoms with Crippen LogP contribution >= 0.6 is 0 Å². The van der Waals surface area contributed by atoms with Crippen molar-refractivity contribution in [3.8, 4) is 0 Å². The number of nitrogens with one attached hydrogen (secondary N) is 2. The Bertz CT molecular complexity index is 898. The molecule has 1 unspecified atom stereocenters. The highest BCUT2D eigenvalue weighted by atomic mass is 16.2. The lowest BCUT2D eigenvalue weighted by Crippen LogP contribution is -2.42. The van der Waals surface area contributed by atoms with Gasteiger partial charge in [0, 0.05) is 0 Å². The summed E-state index contributed by atoms with van der Waals surface area (Å²) >= 11 is 0. The molecular formula is C25H26N2O2. The van der Waals surface area contributed by atoms with Crippen LogP contribution in [0, 0.1) is 0 Å². The molecule has 3 aromatic carbocycles. The molecule has 2 amide bonds. The van der Waals surface area contributed by atoms with E-state index in [-0.39, 0.29) is 6.04 Å². The molecule has 29 heavy (non-hydrogen) atoms. The molecule has 148 valence electrons. The van der Waals surface area contributed by atoms with E-state index in [1.54, 1.807) is 0 Å². The predicted molar refractivity (Wildman–Crippen MR) is 115 cm³/mol. The number of carbonyl (C=O) groups excluding carboxylic acids is 2. The number of rotatable bonds is 6. The van der Waals surface area contributed by atoms with E-state index in [0.29, 0.717) is 0 Å². The minimum Gasteiger partial charge on any atom is -0.341 e. The van der Waals surface area contributed by atoms with Crippen molar-refractivity contribution in [3.63, 3.8) is 0 Å². The molecule has 0 bridgehead atoms. The molecule has 0 aliphatic rings. The predicted octanol–water partition coefficient (Wildman–Crippen LogP) is 4.33. The second-order valence-corrected chi connectivity index (χ2v) is 7.02. The van der Waals surface area contributed by atoms with Crippen LogP contribution in [0.5, 0.6) is 0 Å². The summed E-state index contributed by atoms with van der Waals surface area (Å²) in [4.78, 5) is 25.2. The smallest absolute Gasteiger partial charge is 0.310 e. The van der Waals surface area contributed by atoms with Crippen molar-refractivity contribution in [2.75, 3.05) is 0 Å². The highest BCUT2D eigenvalue weighted by molar-refractivity contribution is 6.35.